The maximum atomic E-state index is 11.9. The molecular formula is C20H30O3. The Labute approximate surface area is 139 Å². The van der Waals surface area contributed by atoms with Crippen molar-refractivity contribution in [3.63, 3.8) is 0 Å². The predicted octanol–water partition coefficient (Wildman–Crippen LogP) is 4.14. The molecule has 4 saturated carbocycles. The molecule has 0 N–H and O–H groups in total. The number of hydrogen-bond donors (Lipinski definition) is 0. The summed E-state index contributed by atoms with van der Waals surface area (Å²) in [6, 6.07) is 0. The van der Waals surface area contributed by atoms with E-state index in [9.17, 15) is 9.59 Å². The van der Waals surface area contributed by atoms with Gasteiger partial charge in [0.1, 0.15) is 11.9 Å². The van der Waals surface area contributed by atoms with Crippen LogP contribution in [0.4, 0.5) is 0 Å². The molecule has 0 radical (unpaired) electrons. The van der Waals surface area contributed by atoms with Gasteiger partial charge in [-0.25, -0.2) is 0 Å². The summed E-state index contributed by atoms with van der Waals surface area (Å²) < 4.78 is 5.48. The lowest BCUT2D eigenvalue weighted by Crippen LogP contribution is -2.54. The smallest absolute Gasteiger partial charge is 0.293 e. The van der Waals surface area contributed by atoms with E-state index in [2.05, 4.69) is 13.8 Å². The Kier molecular flexibility index (Phi) is 3.62. The molecule has 23 heavy (non-hydrogen) atoms. The molecule has 4 fully saturated rings. The van der Waals surface area contributed by atoms with Crippen molar-refractivity contribution < 1.29 is 14.3 Å². The molecule has 3 heteroatoms. The normalized spacial score (nSPS) is 52.3. The van der Waals surface area contributed by atoms with Crippen molar-refractivity contribution in [3.8, 4) is 0 Å². The number of Topliss-reactive ketones (excluding diaryl/α,β-unsaturated/α-hetero) is 1. The van der Waals surface area contributed by atoms with Gasteiger partial charge in [0.15, 0.2) is 0 Å². The highest BCUT2D eigenvalue weighted by atomic mass is 16.5. The number of carbonyl (C=O) groups excluding carboxylic acids is 2. The highest BCUT2D eigenvalue weighted by Gasteiger charge is 2.60. The molecule has 4 aliphatic rings. The van der Waals surface area contributed by atoms with Crippen LogP contribution in [0.3, 0.4) is 0 Å². The number of ether oxygens (including phenoxy) is 1. The molecule has 128 valence electrons. The van der Waals surface area contributed by atoms with E-state index < -0.39 is 0 Å². The molecule has 0 aromatic heterocycles. The van der Waals surface area contributed by atoms with Crippen LogP contribution in [0.2, 0.25) is 0 Å². The fourth-order valence-corrected chi connectivity index (χ4v) is 7.29. The van der Waals surface area contributed by atoms with Crippen LogP contribution in [-0.4, -0.2) is 18.4 Å². The molecule has 0 aliphatic heterocycles. The Bertz CT molecular complexity index is 515. The van der Waals surface area contributed by atoms with Gasteiger partial charge in [-0.3, -0.25) is 9.59 Å². The summed E-state index contributed by atoms with van der Waals surface area (Å²) in [4.78, 5) is 22.8. The van der Waals surface area contributed by atoms with Crippen molar-refractivity contribution in [2.45, 2.75) is 77.7 Å². The molecule has 0 aromatic carbocycles. The van der Waals surface area contributed by atoms with Gasteiger partial charge in [0.05, 0.1) is 0 Å². The zero-order valence-electron chi connectivity index (χ0n) is 14.6. The quantitative estimate of drug-likeness (QED) is 0.719. The highest BCUT2D eigenvalue weighted by Crippen LogP contribution is 2.66. The van der Waals surface area contributed by atoms with Crippen LogP contribution in [0.25, 0.3) is 0 Å². The first kappa shape index (κ1) is 15.7. The Hall–Kier alpha value is -0.860. The topological polar surface area (TPSA) is 43.4 Å². The van der Waals surface area contributed by atoms with Gasteiger partial charge in [-0.1, -0.05) is 13.8 Å². The SMILES string of the molecule is C[C@@]12CC[C@H]3[C@@H](CC[C@@H]4CC(=O)CC[C@]43C)[C@H]1CC[C@H]2OC=O. The Morgan fingerprint density at radius 2 is 1.78 bits per heavy atom. The van der Waals surface area contributed by atoms with Gasteiger partial charge in [-0.15, -0.1) is 0 Å². The van der Waals surface area contributed by atoms with Gasteiger partial charge in [-0.05, 0) is 74.0 Å². The maximum Gasteiger partial charge on any atom is 0.293 e. The molecule has 0 heterocycles. The van der Waals surface area contributed by atoms with Gasteiger partial charge >= 0.3 is 0 Å². The van der Waals surface area contributed by atoms with Crippen molar-refractivity contribution >= 4 is 12.3 Å². The Balaban J connectivity index is 1.60. The Morgan fingerprint density at radius 1 is 1.00 bits per heavy atom. The summed E-state index contributed by atoms with van der Waals surface area (Å²) in [6.07, 6.45) is 10.1. The van der Waals surface area contributed by atoms with E-state index in [0.717, 1.165) is 37.5 Å². The molecule has 0 spiro atoms. The molecule has 0 unspecified atom stereocenters. The summed E-state index contributed by atoms with van der Waals surface area (Å²) in [6.45, 7) is 5.52. The van der Waals surface area contributed by atoms with Gasteiger partial charge in [-0.2, -0.15) is 0 Å². The van der Waals surface area contributed by atoms with Crippen LogP contribution in [0.5, 0.6) is 0 Å². The predicted molar refractivity (Wildman–Crippen MR) is 87.7 cm³/mol. The minimum atomic E-state index is 0.129. The fourth-order valence-electron chi connectivity index (χ4n) is 7.29. The highest BCUT2D eigenvalue weighted by molar-refractivity contribution is 5.79. The Morgan fingerprint density at radius 3 is 2.57 bits per heavy atom. The van der Waals surface area contributed by atoms with Crippen LogP contribution in [0.1, 0.15) is 71.6 Å². The second-order valence-electron chi connectivity index (χ2n) is 9.24. The van der Waals surface area contributed by atoms with E-state index in [4.69, 9.17) is 4.74 Å². The lowest BCUT2D eigenvalue weighted by atomic mass is 9.45. The molecule has 0 bridgehead atoms. The molecule has 4 aliphatic carbocycles. The van der Waals surface area contributed by atoms with E-state index in [0.29, 0.717) is 29.5 Å². The number of hydrogen-bond acceptors (Lipinski definition) is 3. The second kappa shape index (κ2) is 5.32. The van der Waals surface area contributed by atoms with Crippen molar-refractivity contribution in [1.82, 2.24) is 0 Å². The number of ketones is 1. The van der Waals surface area contributed by atoms with E-state index >= 15 is 0 Å². The zero-order chi connectivity index (χ0) is 16.2. The first-order valence-corrected chi connectivity index (χ1v) is 9.60. The third kappa shape index (κ3) is 2.14. The average Bonchev–Trinajstić information content (AvgIpc) is 2.85. The van der Waals surface area contributed by atoms with E-state index in [1.165, 1.54) is 32.1 Å². The number of fused-ring (bicyclic) bond motifs is 5. The van der Waals surface area contributed by atoms with Gasteiger partial charge < -0.3 is 4.74 Å². The molecular weight excluding hydrogens is 288 g/mol. The molecule has 0 saturated heterocycles. The summed E-state index contributed by atoms with van der Waals surface area (Å²) >= 11 is 0. The minimum absolute atomic E-state index is 0.129. The fraction of sp³-hybridized carbons (Fsp3) is 0.900. The molecule has 7 atom stereocenters. The number of carbonyl (C=O) groups is 2. The van der Waals surface area contributed by atoms with Crippen molar-refractivity contribution in [1.29, 1.82) is 0 Å². The van der Waals surface area contributed by atoms with Crippen molar-refractivity contribution in [2.24, 2.45) is 34.5 Å². The lowest BCUT2D eigenvalue weighted by Gasteiger charge is -2.60. The van der Waals surface area contributed by atoms with Crippen molar-refractivity contribution in [2.75, 3.05) is 0 Å². The lowest BCUT2D eigenvalue weighted by molar-refractivity contribution is -0.153. The van der Waals surface area contributed by atoms with Crippen LogP contribution in [0, 0.1) is 34.5 Å². The first-order valence-electron chi connectivity index (χ1n) is 9.60. The van der Waals surface area contributed by atoms with E-state index in [1.807, 2.05) is 0 Å². The summed E-state index contributed by atoms with van der Waals surface area (Å²) in [5.74, 6) is 3.39. The largest absolute Gasteiger partial charge is 0.464 e. The third-order valence-electron chi connectivity index (χ3n) is 8.61. The zero-order valence-corrected chi connectivity index (χ0v) is 14.6. The van der Waals surface area contributed by atoms with Crippen molar-refractivity contribution in [3.05, 3.63) is 0 Å². The molecule has 3 nitrogen and oxygen atoms in total. The summed E-state index contributed by atoms with van der Waals surface area (Å²) in [5, 5.41) is 0. The first-order chi connectivity index (χ1) is 11.0. The monoisotopic (exact) mass is 318 g/mol. The van der Waals surface area contributed by atoms with Crippen LogP contribution < -0.4 is 0 Å². The van der Waals surface area contributed by atoms with Gasteiger partial charge in [0.2, 0.25) is 0 Å². The van der Waals surface area contributed by atoms with Crippen LogP contribution >= 0.6 is 0 Å². The molecule has 0 aromatic rings. The van der Waals surface area contributed by atoms with Gasteiger partial charge in [0, 0.05) is 18.3 Å². The van der Waals surface area contributed by atoms with E-state index in [1.54, 1.807) is 0 Å². The minimum Gasteiger partial charge on any atom is -0.464 e. The molecule has 0 amide bonds. The standard InChI is InChI=1S/C20H30O3/c1-19-9-7-14(22)11-13(19)3-4-15-16-5-6-18(23-12-21)20(16,2)10-8-17(15)19/h12-13,15-18H,3-11H2,1-2H3/t13-,15+,16-,17+,18-,19-,20-/m1/s1. The van der Waals surface area contributed by atoms with E-state index in [-0.39, 0.29) is 11.5 Å². The average molecular weight is 318 g/mol. The summed E-state index contributed by atoms with van der Waals surface area (Å²) in [5.41, 5.74) is 0.567. The van der Waals surface area contributed by atoms with Crippen LogP contribution in [0.15, 0.2) is 0 Å². The summed E-state index contributed by atoms with van der Waals surface area (Å²) in [7, 11) is 0. The second-order valence-corrected chi connectivity index (χ2v) is 9.24. The maximum absolute atomic E-state index is 11.9. The third-order valence-corrected chi connectivity index (χ3v) is 8.61. The van der Waals surface area contributed by atoms with Gasteiger partial charge in [0.25, 0.3) is 6.47 Å². The number of rotatable bonds is 2. The molecule has 4 rings (SSSR count). The van der Waals surface area contributed by atoms with Crippen LogP contribution in [-0.2, 0) is 14.3 Å².